The summed E-state index contributed by atoms with van der Waals surface area (Å²) in [5.41, 5.74) is 5.85. The average molecular weight is 289 g/mol. The second kappa shape index (κ2) is 4.58. The zero-order chi connectivity index (χ0) is 13.6. The average Bonchev–Trinajstić information content (AvgIpc) is 2.76. The number of hydrogen-bond acceptors (Lipinski definition) is 3. The summed E-state index contributed by atoms with van der Waals surface area (Å²) in [6.07, 6.45) is 0. The molecule has 2 aromatic heterocycles. The maximum absolute atomic E-state index is 6.18. The molecule has 0 spiro atoms. The van der Waals surface area contributed by atoms with Crippen LogP contribution in [-0.4, -0.2) is 9.97 Å². The zero-order valence-electron chi connectivity index (χ0n) is 11.0. The Hall–Kier alpha value is -1.45. The van der Waals surface area contributed by atoms with Crippen LogP contribution in [-0.2, 0) is 0 Å². The molecule has 2 nitrogen and oxygen atoms in total. The molecule has 0 bridgehead atoms. The van der Waals surface area contributed by atoms with E-state index in [0.717, 1.165) is 15.8 Å². The number of nitrogens with zero attached hydrogens (tertiary/aromatic N) is 2. The number of hydrogen-bond donors (Lipinski definition) is 0. The van der Waals surface area contributed by atoms with Gasteiger partial charge in [0.05, 0.1) is 10.2 Å². The number of halogens is 1. The number of rotatable bonds is 1. The topological polar surface area (TPSA) is 25.8 Å². The smallest absolute Gasteiger partial charge is 0.150 e. The summed E-state index contributed by atoms with van der Waals surface area (Å²) in [6.45, 7) is 6.11. The van der Waals surface area contributed by atoms with Gasteiger partial charge in [-0.2, -0.15) is 0 Å². The molecule has 0 unspecified atom stereocenters. The second-order valence-electron chi connectivity index (χ2n) is 4.69. The number of benzene rings is 1. The van der Waals surface area contributed by atoms with E-state index in [0.29, 0.717) is 11.0 Å². The third kappa shape index (κ3) is 2.13. The minimum absolute atomic E-state index is 0.544. The first-order valence-corrected chi connectivity index (χ1v) is 7.31. The normalized spacial score (nSPS) is 11.2. The maximum atomic E-state index is 6.18. The van der Waals surface area contributed by atoms with E-state index in [-0.39, 0.29) is 0 Å². The van der Waals surface area contributed by atoms with Crippen LogP contribution in [0.4, 0.5) is 0 Å². The van der Waals surface area contributed by atoms with Crippen molar-refractivity contribution in [2.75, 3.05) is 0 Å². The fraction of sp³-hybridized carbons (Fsp3) is 0.200. The van der Waals surface area contributed by atoms with Crippen molar-refractivity contribution >= 4 is 33.2 Å². The molecule has 0 aliphatic carbocycles. The molecule has 0 atom stereocenters. The summed E-state index contributed by atoms with van der Waals surface area (Å²) in [6, 6.07) is 6.47. The van der Waals surface area contributed by atoms with Gasteiger partial charge in [0.2, 0.25) is 0 Å². The predicted molar refractivity (Wildman–Crippen MR) is 82.1 cm³/mol. The second-order valence-corrected chi connectivity index (χ2v) is 5.93. The molecule has 4 heteroatoms. The molecule has 1 aromatic carbocycles. The molecule has 0 saturated heterocycles. The Morgan fingerprint density at radius 3 is 2.58 bits per heavy atom. The van der Waals surface area contributed by atoms with E-state index in [9.17, 15) is 0 Å². The lowest BCUT2D eigenvalue weighted by Crippen LogP contribution is -1.89. The fourth-order valence-corrected chi connectivity index (χ4v) is 3.34. The third-order valence-corrected chi connectivity index (χ3v) is 4.67. The number of aromatic nitrogens is 2. The quantitative estimate of drug-likeness (QED) is 0.593. The molecule has 0 N–H and O–H groups in total. The van der Waals surface area contributed by atoms with Crippen molar-refractivity contribution < 1.29 is 0 Å². The van der Waals surface area contributed by atoms with Crippen molar-refractivity contribution in [1.82, 2.24) is 9.97 Å². The molecule has 0 saturated carbocycles. The van der Waals surface area contributed by atoms with E-state index in [2.05, 4.69) is 47.4 Å². The van der Waals surface area contributed by atoms with E-state index in [4.69, 9.17) is 11.6 Å². The molecule has 0 radical (unpaired) electrons. The first-order chi connectivity index (χ1) is 9.06. The lowest BCUT2D eigenvalue weighted by molar-refractivity contribution is 1.10. The van der Waals surface area contributed by atoms with Crippen LogP contribution >= 0.6 is 22.9 Å². The molecular weight excluding hydrogens is 276 g/mol. The van der Waals surface area contributed by atoms with Gasteiger partial charge in [-0.3, -0.25) is 0 Å². The largest absolute Gasteiger partial charge is 0.232 e. The Morgan fingerprint density at radius 1 is 1.05 bits per heavy atom. The van der Waals surface area contributed by atoms with Crippen LogP contribution in [0, 0.1) is 20.8 Å². The summed E-state index contributed by atoms with van der Waals surface area (Å²) < 4.78 is 0.959. The summed E-state index contributed by atoms with van der Waals surface area (Å²) in [5, 5.41) is 2.65. The van der Waals surface area contributed by atoms with Gasteiger partial charge in [-0.25, -0.2) is 9.97 Å². The number of aryl methyl sites for hydroxylation is 3. The van der Waals surface area contributed by atoms with Gasteiger partial charge in [0.1, 0.15) is 5.82 Å². The summed E-state index contributed by atoms with van der Waals surface area (Å²) in [7, 11) is 0. The van der Waals surface area contributed by atoms with E-state index in [1.165, 1.54) is 16.7 Å². The Bertz CT molecular complexity index is 777. The van der Waals surface area contributed by atoms with E-state index >= 15 is 0 Å². The fourth-order valence-electron chi connectivity index (χ4n) is 2.10. The summed E-state index contributed by atoms with van der Waals surface area (Å²) in [5.74, 6) is 0.709. The van der Waals surface area contributed by atoms with Crippen molar-refractivity contribution in [3.05, 3.63) is 45.7 Å². The van der Waals surface area contributed by atoms with Crippen molar-refractivity contribution in [3.8, 4) is 11.1 Å². The Balaban J connectivity index is 2.28. The van der Waals surface area contributed by atoms with E-state index in [1.807, 2.05) is 6.92 Å². The number of thiophene rings is 1. The van der Waals surface area contributed by atoms with Crippen molar-refractivity contribution in [2.24, 2.45) is 0 Å². The van der Waals surface area contributed by atoms with Crippen LogP contribution in [0.2, 0.25) is 5.15 Å². The first-order valence-electron chi connectivity index (χ1n) is 6.05. The van der Waals surface area contributed by atoms with Gasteiger partial charge in [0, 0.05) is 10.9 Å². The summed E-state index contributed by atoms with van der Waals surface area (Å²) >= 11 is 7.78. The van der Waals surface area contributed by atoms with E-state index in [1.54, 1.807) is 11.3 Å². The molecule has 0 aliphatic rings. The van der Waals surface area contributed by atoms with E-state index < -0.39 is 0 Å². The standard InChI is InChI=1S/C15H13ClN2S/c1-8-4-5-11(6-9(8)2)12-7-19-14-13(12)17-10(3)18-15(14)16/h4-7H,1-3H3. The number of fused-ring (bicyclic) bond motifs is 1. The van der Waals surface area contributed by atoms with Crippen LogP contribution in [0.3, 0.4) is 0 Å². The van der Waals surface area contributed by atoms with Crippen LogP contribution in [0.15, 0.2) is 23.6 Å². The first kappa shape index (κ1) is 12.6. The minimum Gasteiger partial charge on any atom is -0.232 e. The van der Waals surface area contributed by atoms with Crippen LogP contribution in [0.1, 0.15) is 17.0 Å². The highest BCUT2D eigenvalue weighted by atomic mass is 35.5. The predicted octanol–water partition coefficient (Wildman–Crippen LogP) is 4.94. The molecule has 96 valence electrons. The van der Waals surface area contributed by atoms with Crippen molar-refractivity contribution in [2.45, 2.75) is 20.8 Å². The molecule has 19 heavy (non-hydrogen) atoms. The Kier molecular flexibility index (Phi) is 3.03. The highest BCUT2D eigenvalue weighted by molar-refractivity contribution is 7.18. The van der Waals surface area contributed by atoms with Gasteiger partial charge < -0.3 is 0 Å². The van der Waals surface area contributed by atoms with Crippen molar-refractivity contribution in [3.63, 3.8) is 0 Å². The van der Waals surface area contributed by atoms with Crippen molar-refractivity contribution in [1.29, 1.82) is 0 Å². The SMILES string of the molecule is Cc1nc(Cl)c2scc(-c3ccc(C)c(C)c3)c2n1. The zero-order valence-corrected chi connectivity index (χ0v) is 12.6. The van der Waals surface area contributed by atoms with Gasteiger partial charge in [-0.05, 0) is 37.5 Å². The maximum Gasteiger partial charge on any atom is 0.150 e. The van der Waals surface area contributed by atoms with Gasteiger partial charge in [0.15, 0.2) is 5.15 Å². The molecule has 0 amide bonds. The van der Waals surface area contributed by atoms with Crippen LogP contribution in [0.25, 0.3) is 21.3 Å². The Morgan fingerprint density at radius 2 is 1.84 bits per heavy atom. The molecule has 3 aromatic rings. The monoisotopic (exact) mass is 288 g/mol. The van der Waals surface area contributed by atoms with Crippen LogP contribution in [0.5, 0.6) is 0 Å². The Labute approximate surface area is 121 Å². The molecule has 0 aliphatic heterocycles. The lowest BCUT2D eigenvalue weighted by atomic mass is 10.0. The summed E-state index contributed by atoms with van der Waals surface area (Å²) in [4.78, 5) is 8.74. The third-order valence-electron chi connectivity index (χ3n) is 3.30. The molecule has 0 fully saturated rings. The molecule has 3 rings (SSSR count). The lowest BCUT2D eigenvalue weighted by Gasteiger charge is -2.04. The van der Waals surface area contributed by atoms with Gasteiger partial charge in [0.25, 0.3) is 0 Å². The molecular formula is C15H13ClN2S. The van der Waals surface area contributed by atoms with Gasteiger partial charge in [-0.1, -0.05) is 29.8 Å². The minimum atomic E-state index is 0.544. The van der Waals surface area contributed by atoms with Gasteiger partial charge >= 0.3 is 0 Å². The van der Waals surface area contributed by atoms with Crippen LogP contribution < -0.4 is 0 Å². The highest BCUT2D eigenvalue weighted by Gasteiger charge is 2.12. The van der Waals surface area contributed by atoms with Gasteiger partial charge in [-0.15, -0.1) is 11.3 Å². The highest BCUT2D eigenvalue weighted by Crippen LogP contribution is 2.36. The molecule has 2 heterocycles.